The fourth-order valence-electron chi connectivity index (χ4n) is 3.09. The van der Waals surface area contributed by atoms with Crippen LogP contribution >= 0.6 is 0 Å². The minimum Gasteiger partial charge on any atom is -0.356 e. The summed E-state index contributed by atoms with van der Waals surface area (Å²) in [4.78, 5) is 18.2. The van der Waals surface area contributed by atoms with Crippen LogP contribution in [0.3, 0.4) is 0 Å². The summed E-state index contributed by atoms with van der Waals surface area (Å²) in [6, 6.07) is 4.03. The van der Waals surface area contributed by atoms with Gasteiger partial charge in [-0.1, -0.05) is 0 Å². The predicted molar refractivity (Wildman–Crippen MR) is 89.6 cm³/mol. The topological polar surface area (TPSA) is 83.0 Å². The van der Waals surface area contributed by atoms with Gasteiger partial charge in [-0.2, -0.15) is 18.4 Å². The molecule has 0 N–H and O–H groups in total. The van der Waals surface area contributed by atoms with Crippen LogP contribution in [0.15, 0.2) is 30.9 Å². The van der Waals surface area contributed by atoms with E-state index in [0.29, 0.717) is 24.6 Å². The lowest BCUT2D eigenvalue weighted by Crippen LogP contribution is -2.33. The molecule has 0 unspecified atom stereocenters. The molecular weight excluding hydrogens is 359 g/mol. The van der Waals surface area contributed by atoms with Crippen molar-refractivity contribution in [2.45, 2.75) is 19.0 Å². The first-order valence-electron chi connectivity index (χ1n) is 8.34. The Morgan fingerprint density at radius 3 is 2.59 bits per heavy atom. The third-order valence-corrected chi connectivity index (χ3v) is 4.56. The highest BCUT2D eigenvalue weighted by Crippen LogP contribution is 2.29. The van der Waals surface area contributed by atoms with Crippen molar-refractivity contribution < 1.29 is 13.2 Å². The van der Waals surface area contributed by atoms with Crippen LogP contribution in [0.2, 0.25) is 0 Å². The lowest BCUT2D eigenvalue weighted by atomic mass is 9.99. The molecule has 1 saturated heterocycles. The zero-order chi connectivity index (χ0) is 19.0. The summed E-state index contributed by atoms with van der Waals surface area (Å²) < 4.78 is 40.2. The number of nitrogens with zero attached hydrogens (tertiary/aromatic N) is 7. The van der Waals surface area contributed by atoms with Crippen LogP contribution in [0, 0.1) is 17.2 Å². The minimum absolute atomic E-state index is 0.0506. The van der Waals surface area contributed by atoms with Gasteiger partial charge in [0.25, 0.3) is 0 Å². The van der Waals surface area contributed by atoms with Gasteiger partial charge in [-0.3, -0.25) is 4.40 Å². The third-order valence-electron chi connectivity index (χ3n) is 4.56. The molecule has 1 aliphatic rings. The molecule has 0 atom stereocenters. The van der Waals surface area contributed by atoms with Crippen LogP contribution in [0.1, 0.15) is 18.5 Å². The van der Waals surface area contributed by atoms with Gasteiger partial charge in [-0.15, -0.1) is 0 Å². The second kappa shape index (κ2) is 6.50. The lowest BCUT2D eigenvalue weighted by Gasteiger charge is -2.30. The number of nitriles is 1. The molecule has 0 saturated carbocycles. The number of halogens is 3. The SMILES string of the molecule is N#CC1CCN(c2ccnc(-c3cnc4cnc(C(F)(F)F)cn34)n2)CC1. The number of imidazole rings is 1. The maximum absolute atomic E-state index is 13.0. The Labute approximate surface area is 152 Å². The van der Waals surface area contributed by atoms with Crippen molar-refractivity contribution in [3.8, 4) is 17.6 Å². The number of alkyl halides is 3. The minimum atomic E-state index is -4.55. The Morgan fingerprint density at radius 1 is 1.11 bits per heavy atom. The first kappa shape index (κ1) is 17.2. The van der Waals surface area contributed by atoms with E-state index < -0.39 is 11.9 Å². The highest BCUT2D eigenvalue weighted by molar-refractivity contribution is 5.58. The zero-order valence-corrected chi connectivity index (χ0v) is 14.1. The van der Waals surface area contributed by atoms with E-state index in [4.69, 9.17) is 5.26 Å². The molecule has 0 radical (unpaired) electrons. The highest BCUT2D eigenvalue weighted by atomic mass is 19.4. The molecule has 7 nitrogen and oxygen atoms in total. The smallest absolute Gasteiger partial charge is 0.356 e. The van der Waals surface area contributed by atoms with Crippen LogP contribution in [-0.2, 0) is 6.18 Å². The summed E-state index contributed by atoms with van der Waals surface area (Å²) in [5, 5.41) is 9.01. The number of aromatic nitrogens is 5. The summed E-state index contributed by atoms with van der Waals surface area (Å²) in [7, 11) is 0. The van der Waals surface area contributed by atoms with Gasteiger partial charge in [0.15, 0.2) is 17.2 Å². The Bertz CT molecular complexity index is 1010. The zero-order valence-electron chi connectivity index (χ0n) is 14.1. The fourth-order valence-corrected chi connectivity index (χ4v) is 3.09. The third kappa shape index (κ3) is 3.28. The second-order valence-electron chi connectivity index (χ2n) is 6.27. The van der Waals surface area contributed by atoms with E-state index >= 15 is 0 Å². The molecule has 0 amide bonds. The van der Waals surface area contributed by atoms with Gasteiger partial charge in [0.1, 0.15) is 11.5 Å². The van der Waals surface area contributed by atoms with E-state index in [1.165, 1.54) is 10.6 Å². The maximum atomic E-state index is 13.0. The number of hydrogen-bond donors (Lipinski definition) is 0. The first-order valence-corrected chi connectivity index (χ1v) is 8.34. The summed E-state index contributed by atoms with van der Waals surface area (Å²) in [6.45, 7) is 1.40. The van der Waals surface area contributed by atoms with Crippen molar-refractivity contribution in [3.63, 3.8) is 0 Å². The van der Waals surface area contributed by atoms with Gasteiger partial charge in [-0.05, 0) is 18.9 Å². The van der Waals surface area contributed by atoms with E-state index in [0.717, 1.165) is 25.2 Å². The molecule has 27 heavy (non-hydrogen) atoms. The van der Waals surface area contributed by atoms with Crippen molar-refractivity contribution in [2.75, 3.05) is 18.0 Å². The van der Waals surface area contributed by atoms with Crippen molar-refractivity contribution in [3.05, 3.63) is 36.5 Å². The summed E-state index contributed by atoms with van der Waals surface area (Å²) in [6.07, 6.45) is 1.92. The molecular formula is C17H14F3N7. The molecule has 1 fully saturated rings. The van der Waals surface area contributed by atoms with Crippen molar-refractivity contribution in [1.82, 2.24) is 24.3 Å². The van der Waals surface area contributed by atoms with Gasteiger partial charge in [0.05, 0.1) is 18.5 Å². The molecule has 3 aromatic heterocycles. The van der Waals surface area contributed by atoms with E-state index in [9.17, 15) is 13.2 Å². The molecule has 3 aromatic rings. The monoisotopic (exact) mass is 373 g/mol. The second-order valence-corrected chi connectivity index (χ2v) is 6.27. The molecule has 10 heteroatoms. The number of hydrogen-bond acceptors (Lipinski definition) is 6. The number of piperidine rings is 1. The van der Waals surface area contributed by atoms with Gasteiger partial charge in [-0.25, -0.2) is 19.9 Å². The van der Waals surface area contributed by atoms with E-state index in [-0.39, 0.29) is 17.4 Å². The van der Waals surface area contributed by atoms with Crippen LogP contribution in [0.5, 0.6) is 0 Å². The number of rotatable bonds is 2. The standard InChI is InChI=1S/C17H14F3N7/c18-17(19,20)13-10-27-12(8-24-15(27)9-23-13)16-22-4-1-14(25-16)26-5-2-11(7-21)3-6-26/h1,4,8-11H,2-3,5-6H2. The van der Waals surface area contributed by atoms with Gasteiger partial charge >= 0.3 is 6.18 Å². The predicted octanol–water partition coefficient (Wildman–Crippen LogP) is 2.95. The molecule has 0 aliphatic carbocycles. The summed E-state index contributed by atoms with van der Waals surface area (Å²) >= 11 is 0. The Kier molecular flexibility index (Phi) is 4.14. The van der Waals surface area contributed by atoms with Crippen molar-refractivity contribution in [2.24, 2.45) is 5.92 Å². The van der Waals surface area contributed by atoms with Crippen LogP contribution < -0.4 is 4.90 Å². The van der Waals surface area contributed by atoms with Gasteiger partial charge < -0.3 is 4.90 Å². The highest BCUT2D eigenvalue weighted by Gasteiger charge is 2.33. The largest absolute Gasteiger partial charge is 0.434 e. The molecule has 138 valence electrons. The number of anilines is 1. The fraction of sp³-hybridized carbons (Fsp3) is 0.353. The van der Waals surface area contributed by atoms with Crippen LogP contribution in [-0.4, -0.2) is 37.4 Å². The molecule has 0 aromatic carbocycles. The lowest BCUT2D eigenvalue weighted by molar-refractivity contribution is -0.141. The van der Waals surface area contributed by atoms with E-state index in [1.807, 2.05) is 4.90 Å². The molecule has 0 bridgehead atoms. The Balaban J connectivity index is 1.69. The van der Waals surface area contributed by atoms with Crippen molar-refractivity contribution in [1.29, 1.82) is 5.26 Å². The van der Waals surface area contributed by atoms with E-state index in [1.54, 1.807) is 12.3 Å². The van der Waals surface area contributed by atoms with Gasteiger partial charge in [0.2, 0.25) is 0 Å². The quantitative estimate of drug-likeness (QED) is 0.687. The summed E-state index contributed by atoms with van der Waals surface area (Å²) in [5.74, 6) is 1.01. The van der Waals surface area contributed by atoms with Crippen LogP contribution in [0.4, 0.5) is 19.0 Å². The Morgan fingerprint density at radius 2 is 1.89 bits per heavy atom. The average molecular weight is 373 g/mol. The van der Waals surface area contributed by atoms with E-state index in [2.05, 4.69) is 26.0 Å². The molecule has 1 aliphatic heterocycles. The molecule has 0 spiro atoms. The molecule has 4 heterocycles. The normalized spacial score (nSPS) is 15.9. The first-order chi connectivity index (χ1) is 13.0. The average Bonchev–Trinajstić information content (AvgIpc) is 3.11. The van der Waals surface area contributed by atoms with Gasteiger partial charge in [0, 0.05) is 31.4 Å². The van der Waals surface area contributed by atoms with Crippen molar-refractivity contribution >= 4 is 11.5 Å². The van der Waals surface area contributed by atoms with Crippen LogP contribution in [0.25, 0.3) is 17.2 Å². The Hall–Kier alpha value is -3.22. The number of fused-ring (bicyclic) bond motifs is 1. The summed E-state index contributed by atoms with van der Waals surface area (Å²) in [5.41, 5.74) is -0.377. The maximum Gasteiger partial charge on any atom is 0.434 e. The molecule has 4 rings (SSSR count).